The molecule has 64 heavy (non-hydrogen) atoms. The minimum Gasteiger partial charge on any atom is -0.453 e. The normalized spacial score (nSPS) is 25.4. The number of Topliss-reactive ketones (excluding diaryl/α,β-unsaturated/α-hetero) is 1. The number of alkyl carbamates (subject to hydrolysis) is 1. The summed E-state index contributed by atoms with van der Waals surface area (Å²) in [7, 11) is 1.29. The van der Waals surface area contributed by atoms with Crippen LogP contribution in [0.3, 0.4) is 0 Å². The van der Waals surface area contributed by atoms with Crippen LogP contribution in [0.4, 0.5) is 9.59 Å². The van der Waals surface area contributed by atoms with Crippen molar-refractivity contribution in [3.8, 4) is 11.3 Å². The van der Waals surface area contributed by atoms with Crippen LogP contribution in [0.25, 0.3) is 11.3 Å². The highest BCUT2D eigenvalue weighted by molar-refractivity contribution is 5.89. The zero-order chi connectivity index (χ0) is 44.6. The molecular weight excluding hydrogens is 811 g/mol. The lowest BCUT2D eigenvalue weighted by atomic mass is 9.51. The van der Waals surface area contributed by atoms with E-state index in [0.29, 0.717) is 44.6 Å². The third-order valence-electron chi connectivity index (χ3n) is 15.2. The first-order valence-electron chi connectivity index (χ1n) is 23.3. The second kappa shape index (κ2) is 17.9. The van der Waals surface area contributed by atoms with Gasteiger partial charge in [-0.15, -0.1) is 0 Å². The standard InChI is InChI=1S/C49H61N9O6/c1-31(2)40(54-46(62)56-27-17-35(59)18-28-56)44(60)57-25-8-12-38(57)43-51-30-39(53-43)49-22-19-48(20-23-49,21-24-49)34-15-13-32(14-16-34)36-29-50-42(52-36)37-11-7-26-58(37)45(61)41(55-47(63)64-3)33-9-5-4-6-10-33/h4-6,9-10,13-16,29-31,37-38,40-41H,7-8,11-12,17-28H2,1-3H3,(H,50,52)(H,51,53)(H,54,62)(H,55,63)/t37-,38-,40-,41+,48?,49?/m0/s1. The van der Waals surface area contributed by atoms with Crippen molar-refractivity contribution in [2.24, 2.45) is 5.92 Å². The van der Waals surface area contributed by atoms with Gasteiger partial charge in [0, 0.05) is 56.3 Å². The van der Waals surface area contributed by atoms with Crippen LogP contribution in [-0.4, -0.2) is 104 Å². The summed E-state index contributed by atoms with van der Waals surface area (Å²) < 4.78 is 4.85. The van der Waals surface area contributed by atoms with Gasteiger partial charge in [0.05, 0.1) is 31.1 Å². The molecule has 4 atom stereocenters. The first-order chi connectivity index (χ1) is 31.0. The van der Waals surface area contributed by atoms with E-state index in [1.807, 2.05) is 66.4 Å². The second-order valence-electron chi connectivity index (χ2n) is 19.1. The molecule has 5 heterocycles. The van der Waals surface area contributed by atoms with Crippen molar-refractivity contribution in [1.82, 2.24) is 45.3 Å². The number of rotatable bonds is 11. The van der Waals surface area contributed by atoms with Crippen molar-refractivity contribution in [3.63, 3.8) is 0 Å². The Kier molecular flexibility index (Phi) is 12.1. The van der Waals surface area contributed by atoms with Crippen molar-refractivity contribution in [2.75, 3.05) is 33.3 Å². The Bertz CT molecular complexity index is 2320. The third-order valence-corrected chi connectivity index (χ3v) is 15.2. The van der Waals surface area contributed by atoms with Gasteiger partial charge in [-0.25, -0.2) is 19.6 Å². The Morgan fingerprint density at radius 1 is 0.734 bits per heavy atom. The molecule has 3 aliphatic carbocycles. The summed E-state index contributed by atoms with van der Waals surface area (Å²) in [6.07, 6.45) is 13.7. The molecule has 15 nitrogen and oxygen atoms in total. The predicted octanol–water partition coefficient (Wildman–Crippen LogP) is 7.17. The van der Waals surface area contributed by atoms with Gasteiger partial charge in [0.15, 0.2) is 0 Å². The summed E-state index contributed by atoms with van der Waals surface area (Å²) >= 11 is 0. The van der Waals surface area contributed by atoms with Gasteiger partial charge in [-0.2, -0.15) is 0 Å². The van der Waals surface area contributed by atoms with Gasteiger partial charge in [-0.05, 0) is 92.2 Å². The van der Waals surface area contributed by atoms with E-state index >= 15 is 0 Å². The van der Waals surface area contributed by atoms with Gasteiger partial charge in [0.1, 0.15) is 29.5 Å². The molecule has 3 saturated heterocycles. The molecule has 6 fully saturated rings. The molecule has 4 N–H and O–H groups in total. The first kappa shape index (κ1) is 43.3. The molecule has 2 aromatic carbocycles. The van der Waals surface area contributed by atoms with Crippen molar-refractivity contribution in [2.45, 2.75) is 126 Å². The van der Waals surface area contributed by atoms with Gasteiger partial charge in [-0.1, -0.05) is 68.4 Å². The fourth-order valence-electron chi connectivity index (χ4n) is 11.2. The van der Waals surface area contributed by atoms with Crippen molar-refractivity contribution < 1.29 is 28.7 Å². The number of methoxy groups -OCH3 is 1. The van der Waals surface area contributed by atoms with E-state index in [1.165, 1.54) is 18.4 Å². The van der Waals surface area contributed by atoms with E-state index in [-0.39, 0.29) is 52.5 Å². The number of urea groups is 1. The lowest BCUT2D eigenvalue weighted by Gasteiger charge is -2.53. The number of hydrogen-bond acceptors (Lipinski definition) is 8. The summed E-state index contributed by atoms with van der Waals surface area (Å²) in [5.74, 6) is 1.36. The van der Waals surface area contributed by atoms with E-state index in [4.69, 9.17) is 14.7 Å². The second-order valence-corrected chi connectivity index (χ2v) is 19.1. The number of piperidine rings is 1. The number of carbonyl (C=O) groups is 5. The fourth-order valence-corrected chi connectivity index (χ4v) is 11.2. The van der Waals surface area contributed by atoms with Gasteiger partial charge in [0.2, 0.25) is 5.91 Å². The van der Waals surface area contributed by atoms with Crippen LogP contribution in [0.2, 0.25) is 0 Å². The molecule has 2 aromatic heterocycles. The molecule has 10 rings (SSSR count). The fraction of sp³-hybridized carbons (Fsp3) is 0.531. The van der Waals surface area contributed by atoms with Crippen LogP contribution in [0, 0.1) is 5.92 Å². The summed E-state index contributed by atoms with van der Waals surface area (Å²) in [5, 5.41) is 5.74. The maximum atomic E-state index is 14.1. The summed E-state index contributed by atoms with van der Waals surface area (Å²) in [4.78, 5) is 87.6. The SMILES string of the molecule is COC(=O)N[C@@H](C(=O)N1CCC[C@H]1c1ncc(-c2ccc(C34CCC(c5cnc([C@@H]6CCCN6C(=O)[C@@H](NC(=O)N6CCC(=O)CC6)C(C)C)[nH]5)(CC3)CC4)cc2)[nH]1)c1ccccc1. The number of aromatic nitrogens is 4. The van der Waals surface area contributed by atoms with Crippen molar-refractivity contribution in [1.29, 1.82) is 0 Å². The number of nitrogens with zero attached hydrogens (tertiary/aromatic N) is 5. The molecule has 2 bridgehead atoms. The van der Waals surface area contributed by atoms with Crippen LogP contribution in [0.15, 0.2) is 67.0 Å². The highest BCUT2D eigenvalue weighted by Crippen LogP contribution is 2.58. The Hall–Kier alpha value is -5.99. The molecular formula is C49H61N9O6. The van der Waals surface area contributed by atoms with Crippen molar-refractivity contribution in [3.05, 3.63) is 95.5 Å². The number of aromatic amines is 2. The van der Waals surface area contributed by atoms with Crippen molar-refractivity contribution >= 4 is 29.7 Å². The zero-order valence-corrected chi connectivity index (χ0v) is 37.2. The topological polar surface area (TPSA) is 186 Å². The van der Waals surface area contributed by atoms with Crippen LogP contribution in [0.5, 0.6) is 0 Å². The Morgan fingerprint density at radius 3 is 1.95 bits per heavy atom. The summed E-state index contributed by atoms with van der Waals surface area (Å²) in [5.41, 5.74) is 5.32. The lowest BCUT2D eigenvalue weighted by molar-refractivity contribution is -0.135. The molecule has 338 valence electrons. The molecule has 4 aromatic rings. The van der Waals surface area contributed by atoms with Crippen LogP contribution in [-0.2, 0) is 30.0 Å². The number of ketones is 1. The minimum absolute atomic E-state index is 0.0307. The quantitative estimate of drug-likeness (QED) is 0.122. The number of ether oxygens (including phenoxy) is 1. The first-order valence-corrected chi connectivity index (χ1v) is 23.3. The average Bonchev–Trinajstić information content (AvgIpc) is 4.18. The number of carbonyl (C=O) groups excluding carboxylic acids is 5. The number of amides is 5. The Balaban J connectivity index is 0.831. The molecule has 5 amide bonds. The van der Waals surface area contributed by atoms with E-state index in [0.717, 1.165) is 87.1 Å². The number of likely N-dealkylation sites (tertiary alicyclic amines) is 3. The average molecular weight is 872 g/mol. The van der Waals surface area contributed by atoms with Crippen LogP contribution in [0.1, 0.15) is 137 Å². The van der Waals surface area contributed by atoms with Gasteiger partial charge in [-0.3, -0.25) is 14.4 Å². The predicted molar refractivity (Wildman–Crippen MR) is 239 cm³/mol. The number of imidazole rings is 2. The maximum absolute atomic E-state index is 14.1. The van der Waals surface area contributed by atoms with E-state index < -0.39 is 18.2 Å². The largest absolute Gasteiger partial charge is 0.453 e. The molecule has 15 heteroatoms. The number of H-pyrrole nitrogens is 2. The van der Waals surface area contributed by atoms with E-state index in [1.54, 1.807) is 4.90 Å². The van der Waals surface area contributed by atoms with E-state index in [2.05, 4.69) is 44.9 Å². The smallest absolute Gasteiger partial charge is 0.407 e. The highest BCUT2D eigenvalue weighted by Gasteiger charge is 2.51. The number of nitrogens with one attached hydrogen (secondary N) is 4. The van der Waals surface area contributed by atoms with Gasteiger partial charge < -0.3 is 40.0 Å². The molecule has 0 radical (unpaired) electrons. The highest BCUT2D eigenvalue weighted by atomic mass is 16.5. The zero-order valence-electron chi connectivity index (χ0n) is 37.2. The van der Waals surface area contributed by atoms with Gasteiger partial charge in [0.25, 0.3) is 5.91 Å². The number of fused-ring (bicyclic) bond motifs is 3. The van der Waals surface area contributed by atoms with Crippen LogP contribution < -0.4 is 10.6 Å². The third kappa shape index (κ3) is 8.29. The monoisotopic (exact) mass is 871 g/mol. The Labute approximate surface area is 374 Å². The van der Waals surface area contributed by atoms with Crippen LogP contribution >= 0.6 is 0 Å². The molecule has 3 aliphatic heterocycles. The number of benzene rings is 2. The maximum Gasteiger partial charge on any atom is 0.407 e. The minimum atomic E-state index is -0.871. The summed E-state index contributed by atoms with van der Waals surface area (Å²) in [6, 6.07) is 15.9. The van der Waals surface area contributed by atoms with E-state index in [9.17, 15) is 24.0 Å². The molecule has 0 unspecified atom stereocenters. The Morgan fingerprint density at radius 2 is 1.33 bits per heavy atom. The molecule has 0 spiro atoms. The van der Waals surface area contributed by atoms with Gasteiger partial charge >= 0.3 is 12.1 Å². The summed E-state index contributed by atoms with van der Waals surface area (Å²) in [6.45, 7) is 5.88. The molecule has 3 saturated carbocycles. The number of hydrogen-bond donors (Lipinski definition) is 4. The molecule has 6 aliphatic rings. The lowest BCUT2D eigenvalue weighted by Crippen LogP contribution is -2.55.